The van der Waals surface area contributed by atoms with Crippen molar-refractivity contribution in [2.75, 3.05) is 31.1 Å². The van der Waals surface area contributed by atoms with Gasteiger partial charge in [-0.2, -0.15) is 8.78 Å². The van der Waals surface area contributed by atoms with E-state index in [1.54, 1.807) is 4.90 Å². The predicted molar refractivity (Wildman–Crippen MR) is 115 cm³/mol. The number of benzene rings is 1. The maximum absolute atomic E-state index is 15.4. The van der Waals surface area contributed by atoms with Crippen molar-refractivity contribution >= 4 is 35.0 Å². The molecule has 1 saturated carbocycles. The SMILES string of the molecule is Cl.NC[C@]12CN(c3c(F)cc4c(=O)c(C(=O)O)cn(C5CC5)c4c3OC(F)F)C[C@H]1CCO2. The van der Waals surface area contributed by atoms with Gasteiger partial charge in [-0.1, -0.05) is 0 Å². The Bertz CT molecular complexity index is 1170. The summed E-state index contributed by atoms with van der Waals surface area (Å²) in [4.78, 5) is 25.9. The first-order chi connectivity index (χ1) is 15.3. The van der Waals surface area contributed by atoms with Gasteiger partial charge in [0, 0.05) is 44.4 Å². The van der Waals surface area contributed by atoms with Crippen LogP contribution < -0.4 is 20.8 Å². The van der Waals surface area contributed by atoms with Gasteiger partial charge in [0.25, 0.3) is 0 Å². The molecule has 3 N–H and O–H groups in total. The summed E-state index contributed by atoms with van der Waals surface area (Å²) in [6, 6.07) is 0.729. The third-order valence-corrected chi connectivity index (χ3v) is 6.74. The number of nitrogens with two attached hydrogens (primary N) is 1. The van der Waals surface area contributed by atoms with Gasteiger partial charge in [0.1, 0.15) is 16.9 Å². The van der Waals surface area contributed by atoms with Crippen molar-refractivity contribution in [1.82, 2.24) is 4.57 Å². The maximum atomic E-state index is 15.4. The monoisotopic (exact) mass is 489 g/mol. The summed E-state index contributed by atoms with van der Waals surface area (Å²) in [5.41, 5.74) is 3.51. The number of fused-ring (bicyclic) bond motifs is 2. The van der Waals surface area contributed by atoms with Crippen LogP contribution in [0.25, 0.3) is 10.9 Å². The highest BCUT2D eigenvalue weighted by molar-refractivity contribution is 5.97. The second-order valence-electron chi connectivity index (χ2n) is 8.61. The summed E-state index contributed by atoms with van der Waals surface area (Å²) >= 11 is 0. The number of rotatable bonds is 6. The van der Waals surface area contributed by atoms with E-state index < -0.39 is 40.7 Å². The number of pyridine rings is 1. The summed E-state index contributed by atoms with van der Waals surface area (Å²) in [6.07, 6.45) is 3.19. The zero-order valence-corrected chi connectivity index (χ0v) is 18.2. The van der Waals surface area contributed by atoms with Crippen molar-refractivity contribution in [3.63, 3.8) is 0 Å². The molecule has 1 aliphatic carbocycles. The lowest BCUT2D eigenvalue weighted by atomic mass is 9.91. The lowest BCUT2D eigenvalue weighted by molar-refractivity contribution is -0.0488. The van der Waals surface area contributed by atoms with E-state index in [4.69, 9.17) is 15.2 Å². The highest BCUT2D eigenvalue weighted by Crippen LogP contribution is 2.48. The van der Waals surface area contributed by atoms with Gasteiger partial charge in [-0.05, 0) is 25.3 Å². The molecule has 2 saturated heterocycles. The van der Waals surface area contributed by atoms with Crippen molar-refractivity contribution in [3.8, 4) is 5.75 Å². The van der Waals surface area contributed by atoms with Crippen LogP contribution in [0.3, 0.4) is 0 Å². The predicted octanol–water partition coefficient (Wildman–Crippen LogP) is 2.75. The summed E-state index contributed by atoms with van der Waals surface area (Å²) in [6.45, 7) is -2.03. The normalized spacial score (nSPS) is 24.3. The lowest BCUT2D eigenvalue weighted by Crippen LogP contribution is -2.44. The number of hydrogen-bond donors (Lipinski definition) is 2. The van der Waals surface area contributed by atoms with Crippen molar-refractivity contribution < 1.29 is 32.5 Å². The van der Waals surface area contributed by atoms with Gasteiger partial charge in [0.2, 0.25) is 5.43 Å². The van der Waals surface area contributed by atoms with Crippen LogP contribution in [0.1, 0.15) is 35.7 Å². The molecule has 0 spiro atoms. The number of hydrogen-bond acceptors (Lipinski definition) is 6. The second-order valence-corrected chi connectivity index (χ2v) is 8.61. The first kappa shape index (κ1) is 23.7. The minimum Gasteiger partial charge on any atom is -0.477 e. The smallest absolute Gasteiger partial charge is 0.387 e. The van der Waals surface area contributed by atoms with Crippen LogP contribution in [0.2, 0.25) is 0 Å². The molecular formula is C21H23ClF3N3O5. The summed E-state index contributed by atoms with van der Waals surface area (Å²) in [5, 5.41) is 9.11. The Balaban J connectivity index is 0.00000259. The van der Waals surface area contributed by atoms with Gasteiger partial charge in [0.05, 0.1) is 10.9 Å². The highest BCUT2D eigenvalue weighted by Gasteiger charge is 2.51. The molecule has 33 heavy (non-hydrogen) atoms. The zero-order valence-electron chi connectivity index (χ0n) is 17.4. The maximum Gasteiger partial charge on any atom is 0.387 e. The van der Waals surface area contributed by atoms with Gasteiger partial charge in [-0.15, -0.1) is 12.4 Å². The number of aromatic nitrogens is 1. The number of carboxylic acid groups (broad SMARTS) is 1. The Labute approximate surface area is 192 Å². The molecule has 0 radical (unpaired) electrons. The van der Waals surface area contributed by atoms with Crippen LogP contribution in [0.15, 0.2) is 17.1 Å². The number of halogens is 4. The van der Waals surface area contributed by atoms with E-state index in [0.29, 0.717) is 32.4 Å². The molecule has 1 aromatic carbocycles. The van der Waals surface area contributed by atoms with E-state index in [9.17, 15) is 23.5 Å². The topological polar surface area (TPSA) is 107 Å². The van der Waals surface area contributed by atoms with Gasteiger partial charge in [-0.25, -0.2) is 9.18 Å². The van der Waals surface area contributed by atoms with Crippen LogP contribution in [0, 0.1) is 11.7 Å². The lowest BCUT2D eigenvalue weighted by Gasteiger charge is -2.28. The van der Waals surface area contributed by atoms with Crippen LogP contribution in [0.5, 0.6) is 5.75 Å². The fourth-order valence-electron chi connectivity index (χ4n) is 5.06. The molecule has 5 rings (SSSR count). The van der Waals surface area contributed by atoms with E-state index >= 15 is 4.39 Å². The number of alkyl halides is 2. The van der Waals surface area contributed by atoms with E-state index in [2.05, 4.69) is 0 Å². The van der Waals surface area contributed by atoms with Gasteiger partial charge >= 0.3 is 12.6 Å². The van der Waals surface area contributed by atoms with E-state index in [0.717, 1.165) is 12.3 Å². The number of ether oxygens (including phenoxy) is 2. The number of aromatic carboxylic acids is 1. The van der Waals surface area contributed by atoms with Gasteiger partial charge < -0.3 is 29.8 Å². The molecule has 3 aliphatic rings. The minimum atomic E-state index is -3.28. The third kappa shape index (κ3) is 3.71. The highest BCUT2D eigenvalue weighted by atomic mass is 35.5. The average molecular weight is 490 g/mol. The fourth-order valence-corrected chi connectivity index (χ4v) is 5.06. The number of carbonyl (C=O) groups is 1. The van der Waals surface area contributed by atoms with Gasteiger partial charge in [0.15, 0.2) is 11.6 Å². The Hall–Kier alpha value is -2.50. The van der Waals surface area contributed by atoms with Crippen molar-refractivity contribution in [2.45, 2.75) is 37.5 Å². The molecule has 2 aliphatic heterocycles. The quantitative estimate of drug-likeness (QED) is 0.642. The van der Waals surface area contributed by atoms with Crippen molar-refractivity contribution in [3.05, 3.63) is 33.9 Å². The third-order valence-electron chi connectivity index (χ3n) is 6.74. The molecule has 12 heteroatoms. The van der Waals surface area contributed by atoms with Crippen molar-refractivity contribution in [2.24, 2.45) is 11.7 Å². The van der Waals surface area contributed by atoms with E-state index in [1.165, 1.54) is 4.57 Å². The Morgan fingerprint density at radius 1 is 1.36 bits per heavy atom. The Morgan fingerprint density at radius 2 is 2.09 bits per heavy atom. The summed E-state index contributed by atoms with van der Waals surface area (Å²) in [7, 11) is 0. The average Bonchev–Trinajstić information content (AvgIpc) is 3.40. The largest absolute Gasteiger partial charge is 0.477 e. The molecule has 0 amide bonds. The number of nitrogens with zero attached hydrogens (tertiary/aromatic N) is 2. The summed E-state index contributed by atoms with van der Waals surface area (Å²) < 4.78 is 54.5. The number of carboxylic acids is 1. The summed E-state index contributed by atoms with van der Waals surface area (Å²) in [5.74, 6) is -2.88. The van der Waals surface area contributed by atoms with Gasteiger partial charge in [-0.3, -0.25) is 4.79 Å². The van der Waals surface area contributed by atoms with Crippen LogP contribution >= 0.6 is 12.4 Å². The first-order valence-corrected chi connectivity index (χ1v) is 10.4. The van der Waals surface area contributed by atoms with E-state index in [1.807, 2.05) is 0 Å². The minimum absolute atomic E-state index is 0. The molecule has 8 nitrogen and oxygen atoms in total. The standard InChI is InChI=1S/C21H22F3N3O5.ClH/c22-14-5-12-15(27(11-1-2-11)7-13(17(12)28)19(29)30)18(32-20(23)24)16(14)26-6-10-3-4-31-21(10,8-25)9-26;/h5,7,10-11,20H,1-4,6,8-9,25H2,(H,29,30);1H/t10-,21+;/m1./s1. The van der Waals surface area contributed by atoms with E-state index in [-0.39, 0.29) is 54.0 Å². The molecule has 0 unspecified atom stereocenters. The molecule has 3 heterocycles. The Morgan fingerprint density at radius 3 is 2.67 bits per heavy atom. The second kappa shape index (κ2) is 8.37. The van der Waals surface area contributed by atoms with Crippen LogP contribution in [-0.4, -0.2) is 54.1 Å². The Kier molecular flexibility index (Phi) is 6.00. The van der Waals surface area contributed by atoms with Crippen molar-refractivity contribution in [1.29, 1.82) is 0 Å². The fraction of sp³-hybridized carbons (Fsp3) is 0.524. The molecule has 180 valence electrons. The molecule has 2 aromatic rings. The molecule has 1 aromatic heterocycles. The molecule has 2 atom stereocenters. The van der Waals surface area contributed by atoms with Crippen LogP contribution in [-0.2, 0) is 4.74 Å². The van der Waals surface area contributed by atoms with Crippen LogP contribution in [0.4, 0.5) is 18.9 Å². The molecule has 0 bridgehead atoms. The number of anilines is 1. The molecular weight excluding hydrogens is 467 g/mol. The zero-order chi connectivity index (χ0) is 22.8. The molecule has 3 fully saturated rings. The first-order valence-electron chi connectivity index (χ1n) is 10.4.